The molecule has 0 atom stereocenters. The maximum Gasteiger partial charge on any atom is 0.221 e. The lowest BCUT2D eigenvalue weighted by Gasteiger charge is -2.18. The smallest absolute Gasteiger partial charge is 0.221 e. The quantitative estimate of drug-likeness (QED) is 0.550. The molecule has 3 heterocycles. The van der Waals surface area contributed by atoms with Crippen molar-refractivity contribution in [2.24, 2.45) is 0 Å². The largest absolute Gasteiger partial charge is 0.347 e. The number of rotatable bonds is 4. The molecule has 0 radical (unpaired) electrons. The number of hydrogen-bond donors (Lipinski definition) is 2. The summed E-state index contributed by atoms with van der Waals surface area (Å²) in [4.78, 5) is 25.9. The predicted molar refractivity (Wildman–Crippen MR) is 117 cm³/mol. The number of aromatic amines is 1. The van der Waals surface area contributed by atoms with Crippen molar-refractivity contribution in [1.82, 2.24) is 24.4 Å². The first-order valence-corrected chi connectivity index (χ1v) is 10.2. The zero-order chi connectivity index (χ0) is 20.5. The van der Waals surface area contributed by atoms with Gasteiger partial charge in [-0.15, -0.1) is 0 Å². The summed E-state index contributed by atoms with van der Waals surface area (Å²) in [6.45, 7) is 5.32. The summed E-state index contributed by atoms with van der Waals surface area (Å²) in [5, 5.41) is 2.81. The summed E-state index contributed by atoms with van der Waals surface area (Å²) >= 11 is 0. The van der Waals surface area contributed by atoms with Gasteiger partial charge in [0.05, 0.1) is 17.4 Å². The summed E-state index contributed by atoms with van der Waals surface area (Å²) in [5.74, 6) is 1.09. The van der Waals surface area contributed by atoms with Crippen molar-refractivity contribution < 1.29 is 4.79 Å². The minimum absolute atomic E-state index is 0.0631. The molecule has 1 aliphatic heterocycles. The van der Waals surface area contributed by atoms with Crippen LogP contribution in [0.2, 0.25) is 0 Å². The van der Waals surface area contributed by atoms with Crippen LogP contribution in [-0.2, 0) is 24.3 Å². The maximum absolute atomic E-state index is 11.2. The van der Waals surface area contributed by atoms with Crippen LogP contribution in [0.3, 0.4) is 0 Å². The molecular weight excluding hydrogens is 376 g/mol. The average molecular weight is 400 g/mol. The van der Waals surface area contributed by atoms with Crippen LogP contribution in [0.15, 0.2) is 55.0 Å². The molecular formula is C23H24N6O. The zero-order valence-corrected chi connectivity index (χ0v) is 16.9. The lowest BCUT2D eigenvalue weighted by Crippen LogP contribution is -2.26. The molecule has 0 aliphatic carbocycles. The van der Waals surface area contributed by atoms with E-state index in [2.05, 4.69) is 43.0 Å². The van der Waals surface area contributed by atoms with Gasteiger partial charge in [-0.3, -0.25) is 9.69 Å². The Labute approximate surface area is 174 Å². The van der Waals surface area contributed by atoms with E-state index < -0.39 is 0 Å². The second-order valence-corrected chi connectivity index (χ2v) is 7.74. The second-order valence-electron chi connectivity index (χ2n) is 7.74. The second kappa shape index (κ2) is 7.76. The number of nitrogens with zero attached hydrogens (tertiary/aromatic N) is 4. The molecule has 2 N–H and O–H groups in total. The van der Waals surface area contributed by atoms with Gasteiger partial charge in [-0.25, -0.2) is 9.97 Å². The zero-order valence-electron chi connectivity index (χ0n) is 16.9. The highest BCUT2D eigenvalue weighted by atomic mass is 16.1. The Morgan fingerprint density at radius 3 is 2.70 bits per heavy atom. The van der Waals surface area contributed by atoms with Crippen molar-refractivity contribution in [3.05, 3.63) is 66.5 Å². The molecule has 1 aliphatic rings. The van der Waals surface area contributed by atoms with E-state index in [1.165, 1.54) is 12.4 Å². The molecule has 2 aromatic heterocycles. The van der Waals surface area contributed by atoms with Crippen molar-refractivity contribution in [1.29, 1.82) is 0 Å². The molecule has 0 bridgehead atoms. The lowest BCUT2D eigenvalue weighted by molar-refractivity contribution is -0.114. The number of H-pyrrole nitrogens is 1. The summed E-state index contributed by atoms with van der Waals surface area (Å²) in [5.41, 5.74) is 6.42. The van der Waals surface area contributed by atoms with E-state index in [9.17, 15) is 4.79 Å². The third kappa shape index (κ3) is 3.71. The molecule has 30 heavy (non-hydrogen) atoms. The molecule has 1 amide bonds. The molecule has 152 valence electrons. The van der Waals surface area contributed by atoms with Gasteiger partial charge < -0.3 is 14.9 Å². The van der Waals surface area contributed by atoms with Crippen molar-refractivity contribution in [3.63, 3.8) is 0 Å². The van der Waals surface area contributed by atoms with Crippen LogP contribution < -0.4 is 5.32 Å². The Hall–Kier alpha value is -3.45. The Kier molecular flexibility index (Phi) is 4.80. The van der Waals surface area contributed by atoms with Gasteiger partial charge in [-0.05, 0) is 35.4 Å². The van der Waals surface area contributed by atoms with Crippen LogP contribution in [0, 0.1) is 0 Å². The van der Waals surface area contributed by atoms with Crippen molar-refractivity contribution in [2.75, 3.05) is 18.4 Å². The van der Waals surface area contributed by atoms with Gasteiger partial charge in [0.2, 0.25) is 5.91 Å². The number of imidazole rings is 2. The van der Waals surface area contributed by atoms with Gasteiger partial charge in [0.25, 0.3) is 0 Å². The SMILES string of the molecule is CC(=O)Nc1ccc(-c2ccc3c(c2)nc2n3CCN(Cc3cnc[nH]3)CC2)cc1. The van der Waals surface area contributed by atoms with Crippen LogP contribution in [-0.4, -0.2) is 43.4 Å². The number of anilines is 1. The minimum atomic E-state index is -0.0631. The fourth-order valence-corrected chi connectivity index (χ4v) is 4.13. The summed E-state index contributed by atoms with van der Waals surface area (Å²) in [6.07, 6.45) is 4.56. The van der Waals surface area contributed by atoms with Crippen LogP contribution in [0.5, 0.6) is 0 Å². The number of carbonyl (C=O) groups excluding carboxylic acids is 1. The first-order chi connectivity index (χ1) is 14.7. The number of carbonyl (C=O) groups is 1. The van der Waals surface area contributed by atoms with Crippen LogP contribution in [0.4, 0.5) is 5.69 Å². The van der Waals surface area contributed by atoms with E-state index in [0.29, 0.717) is 0 Å². The number of amides is 1. The summed E-state index contributed by atoms with van der Waals surface area (Å²) in [6, 6.07) is 14.4. The Bertz CT molecular complexity index is 1180. The Balaban J connectivity index is 1.36. The summed E-state index contributed by atoms with van der Waals surface area (Å²) in [7, 11) is 0. The van der Waals surface area contributed by atoms with E-state index in [0.717, 1.165) is 66.4 Å². The van der Waals surface area contributed by atoms with Crippen molar-refractivity contribution >= 4 is 22.6 Å². The maximum atomic E-state index is 11.2. The fraction of sp³-hybridized carbons (Fsp3) is 0.261. The monoisotopic (exact) mass is 400 g/mol. The highest BCUT2D eigenvalue weighted by Gasteiger charge is 2.18. The first kappa shape index (κ1) is 18.6. The number of hydrogen-bond acceptors (Lipinski definition) is 4. The Morgan fingerprint density at radius 1 is 1.10 bits per heavy atom. The molecule has 0 fully saturated rings. The van der Waals surface area contributed by atoms with Crippen molar-refractivity contribution in [2.45, 2.75) is 26.4 Å². The molecule has 2 aromatic carbocycles. The number of aromatic nitrogens is 4. The lowest BCUT2D eigenvalue weighted by atomic mass is 10.0. The molecule has 5 rings (SSSR count). The molecule has 0 unspecified atom stereocenters. The normalized spacial score (nSPS) is 14.4. The van der Waals surface area contributed by atoms with Gasteiger partial charge in [-0.2, -0.15) is 0 Å². The van der Waals surface area contributed by atoms with Crippen molar-refractivity contribution in [3.8, 4) is 11.1 Å². The van der Waals surface area contributed by atoms with Crippen LogP contribution in [0.1, 0.15) is 18.4 Å². The minimum Gasteiger partial charge on any atom is -0.347 e. The third-order valence-corrected chi connectivity index (χ3v) is 5.61. The van der Waals surface area contributed by atoms with E-state index in [4.69, 9.17) is 4.98 Å². The average Bonchev–Trinajstić information content (AvgIpc) is 3.32. The molecule has 0 saturated carbocycles. The first-order valence-electron chi connectivity index (χ1n) is 10.2. The number of fused-ring (bicyclic) bond motifs is 3. The molecule has 0 saturated heterocycles. The van der Waals surface area contributed by atoms with Gasteiger partial charge in [0.15, 0.2) is 0 Å². The van der Waals surface area contributed by atoms with Gasteiger partial charge >= 0.3 is 0 Å². The van der Waals surface area contributed by atoms with Crippen LogP contribution >= 0.6 is 0 Å². The standard InChI is InChI=1S/C23H24N6O/c1-16(30)26-19-5-2-17(3-6-19)18-4-7-22-21(12-18)27-23-8-9-28(10-11-29(22)23)14-20-13-24-15-25-20/h2-7,12-13,15H,8-11,14H2,1H3,(H,24,25)(H,26,30). The van der Waals surface area contributed by atoms with E-state index >= 15 is 0 Å². The topological polar surface area (TPSA) is 78.8 Å². The van der Waals surface area contributed by atoms with Crippen LogP contribution in [0.25, 0.3) is 22.2 Å². The number of benzene rings is 2. The molecule has 0 spiro atoms. The molecule has 7 nitrogen and oxygen atoms in total. The highest BCUT2D eigenvalue weighted by Crippen LogP contribution is 2.27. The van der Waals surface area contributed by atoms with Gasteiger partial charge in [0, 0.05) is 57.1 Å². The molecule has 7 heteroatoms. The van der Waals surface area contributed by atoms with E-state index in [-0.39, 0.29) is 5.91 Å². The Morgan fingerprint density at radius 2 is 1.93 bits per heavy atom. The van der Waals surface area contributed by atoms with E-state index in [1.54, 1.807) is 6.33 Å². The highest BCUT2D eigenvalue weighted by molar-refractivity contribution is 5.89. The van der Waals surface area contributed by atoms with Gasteiger partial charge in [0.1, 0.15) is 5.82 Å². The number of nitrogens with one attached hydrogen (secondary N) is 2. The van der Waals surface area contributed by atoms with Gasteiger partial charge in [-0.1, -0.05) is 18.2 Å². The third-order valence-electron chi connectivity index (χ3n) is 5.61. The summed E-state index contributed by atoms with van der Waals surface area (Å²) < 4.78 is 2.35. The van der Waals surface area contributed by atoms with E-state index in [1.807, 2.05) is 30.5 Å². The molecule has 4 aromatic rings. The predicted octanol–water partition coefficient (Wildman–Crippen LogP) is 3.44. The fourth-order valence-electron chi connectivity index (χ4n) is 4.13.